The Morgan fingerprint density at radius 1 is 1.25 bits per heavy atom. The average molecular weight is 357 g/mol. The summed E-state index contributed by atoms with van der Waals surface area (Å²) in [5.41, 5.74) is 5.50. The molecule has 0 saturated heterocycles. The van der Waals surface area contributed by atoms with Crippen LogP contribution in [0.5, 0.6) is 0 Å². The number of benzene rings is 1. The van der Waals surface area contributed by atoms with Crippen molar-refractivity contribution in [3.8, 4) is 0 Å². The van der Waals surface area contributed by atoms with Crippen LogP contribution in [0.4, 0.5) is 30.4 Å². The van der Waals surface area contributed by atoms with Crippen LogP contribution >= 0.6 is 11.6 Å². The minimum Gasteiger partial charge on any atom is -0.322 e. The second-order valence-electron chi connectivity index (χ2n) is 5.22. The summed E-state index contributed by atoms with van der Waals surface area (Å²) in [5.74, 6) is -0.445. The number of carbonyl (C=O) groups is 1. The van der Waals surface area contributed by atoms with Gasteiger partial charge in [0, 0.05) is 6.54 Å². The molecule has 2 heterocycles. The Bertz CT molecular complexity index is 797. The Kier molecular flexibility index (Phi) is 4.10. The molecule has 0 bridgehead atoms. The molecule has 5 nitrogen and oxygen atoms in total. The molecule has 0 spiro atoms. The van der Waals surface area contributed by atoms with Crippen molar-refractivity contribution in [1.82, 2.24) is 4.98 Å². The molecule has 0 radical (unpaired) electrons. The summed E-state index contributed by atoms with van der Waals surface area (Å²) in [7, 11) is 0. The molecule has 1 aromatic heterocycles. The van der Waals surface area contributed by atoms with Gasteiger partial charge in [-0.3, -0.25) is 4.79 Å². The molecular formula is C15H12ClF3N4O. The summed E-state index contributed by atoms with van der Waals surface area (Å²) in [6.45, 7) is -0.0342. The summed E-state index contributed by atoms with van der Waals surface area (Å²) < 4.78 is 38.8. The fourth-order valence-electron chi connectivity index (χ4n) is 2.40. The van der Waals surface area contributed by atoms with Crippen LogP contribution in [-0.4, -0.2) is 23.5 Å². The second-order valence-corrected chi connectivity index (χ2v) is 5.63. The van der Waals surface area contributed by atoms with Crippen LogP contribution in [0.3, 0.4) is 0 Å². The lowest BCUT2D eigenvalue weighted by Gasteiger charge is -2.25. The number of carbonyl (C=O) groups excluding carboxylic acids is 1. The quantitative estimate of drug-likeness (QED) is 0.823. The van der Waals surface area contributed by atoms with E-state index >= 15 is 0 Å². The van der Waals surface area contributed by atoms with Crippen molar-refractivity contribution in [1.29, 1.82) is 0 Å². The van der Waals surface area contributed by atoms with Gasteiger partial charge in [0.25, 0.3) is 0 Å². The Morgan fingerprint density at radius 3 is 2.67 bits per heavy atom. The fourth-order valence-corrected chi connectivity index (χ4v) is 2.62. The highest BCUT2D eigenvalue weighted by Gasteiger charge is 2.34. The van der Waals surface area contributed by atoms with Gasteiger partial charge in [0.2, 0.25) is 5.91 Å². The van der Waals surface area contributed by atoms with Gasteiger partial charge in [0.05, 0.1) is 16.4 Å². The van der Waals surface area contributed by atoms with Gasteiger partial charge in [-0.2, -0.15) is 13.2 Å². The number of anilines is 3. The van der Waals surface area contributed by atoms with Crippen LogP contribution in [0.25, 0.3) is 0 Å². The monoisotopic (exact) mass is 356 g/mol. The van der Waals surface area contributed by atoms with Crippen LogP contribution in [0.15, 0.2) is 36.4 Å². The maximum atomic E-state index is 12.9. The molecule has 3 N–H and O–H groups in total. The molecule has 0 aliphatic carbocycles. The third-order valence-corrected chi connectivity index (χ3v) is 3.86. The molecule has 1 aromatic carbocycles. The van der Waals surface area contributed by atoms with Gasteiger partial charge >= 0.3 is 6.18 Å². The zero-order valence-electron chi connectivity index (χ0n) is 12.1. The standard InChI is InChI=1S/C15H12ClF3N4O/c16-8-3-1-4-10-13(8)22-14(24)9(20)7-23(10)12-6-2-5-11(21-12)15(17,18)19/h1-6,9H,7,20H2,(H,22,24). The van der Waals surface area contributed by atoms with Crippen molar-refractivity contribution in [3.05, 3.63) is 47.1 Å². The number of alkyl halides is 3. The molecule has 0 fully saturated rings. The molecule has 24 heavy (non-hydrogen) atoms. The molecule has 9 heteroatoms. The second kappa shape index (κ2) is 5.95. The van der Waals surface area contributed by atoms with Crippen LogP contribution in [0, 0.1) is 0 Å². The summed E-state index contributed by atoms with van der Waals surface area (Å²) in [6.07, 6.45) is -4.57. The lowest BCUT2D eigenvalue weighted by atomic mass is 10.2. The van der Waals surface area contributed by atoms with Gasteiger partial charge in [-0.05, 0) is 24.3 Å². The molecule has 1 atom stereocenters. The summed E-state index contributed by atoms with van der Waals surface area (Å²) in [6, 6.07) is 7.42. The van der Waals surface area contributed by atoms with E-state index in [1.165, 1.54) is 17.0 Å². The summed E-state index contributed by atoms with van der Waals surface area (Å²) in [4.78, 5) is 17.1. The number of nitrogens with zero attached hydrogens (tertiary/aromatic N) is 2. The molecule has 1 amide bonds. The Hall–Kier alpha value is -2.32. The molecule has 126 valence electrons. The number of hydrogen-bond acceptors (Lipinski definition) is 4. The van der Waals surface area contributed by atoms with Gasteiger partial charge in [-0.15, -0.1) is 0 Å². The summed E-state index contributed by atoms with van der Waals surface area (Å²) >= 11 is 6.10. The van der Waals surface area contributed by atoms with E-state index in [4.69, 9.17) is 17.3 Å². The zero-order chi connectivity index (χ0) is 17.5. The maximum absolute atomic E-state index is 12.9. The first-order valence-electron chi connectivity index (χ1n) is 6.94. The van der Waals surface area contributed by atoms with E-state index < -0.39 is 23.8 Å². The smallest absolute Gasteiger partial charge is 0.322 e. The van der Waals surface area contributed by atoms with E-state index in [2.05, 4.69) is 10.3 Å². The van der Waals surface area contributed by atoms with Gasteiger partial charge in [-0.25, -0.2) is 4.98 Å². The van der Waals surface area contributed by atoms with Crippen LogP contribution in [0.1, 0.15) is 5.69 Å². The predicted octanol–water partition coefficient (Wildman–Crippen LogP) is 3.17. The van der Waals surface area contributed by atoms with E-state index in [1.54, 1.807) is 18.2 Å². The van der Waals surface area contributed by atoms with Crippen LogP contribution in [0.2, 0.25) is 5.02 Å². The van der Waals surface area contributed by atoms with Gasteiger partial charge < -0.3 is 16.0 Å². The number of fused-ring (bicyclic) bond motifs is 1. The number of nitrogens with one attached hydrogen (secondary N) is 1. The van der Waals surface area contributed by atoms with Gasteiger partial charge in [-0.1, -0.05) is 23.7 Å². The van der Waals surface area contributed by atoms with E-state index in [9.17, 15) is 18.0 Å². The lowest BCUT2D eigenvalue weighted by Crippen LogP contribution is -2.42. The third-order valence-electron chi connectivity index (χ3n) is 3.55. The normalized spacial score (nSPS) is 18.0. The average Bonchev–Trinajstić information content (AvgIpc) is 2.65. The number of nitrogens with two attached hydrogens (primary N) is 1. The minimum absolute atomic E-state index is 0.0280. The Balaban J connectivity index is 2.14. The highest BCUT2D eigenvalue weighted by Crippen LogP contribution is 2.39. The van der Waals surface area contributed by atoms with Crippen LogP contribution in [-0.2, 0) is 11.0 Å². The SMILES string of the molecule is NC1CN(c2cccc(C(F)(F)F)n2)c2cccc(Cl)c2NC1=O. The third kappa shape index (κ3) is 3.02. The number of halogens is 4. The zero-order valence-corrected chi connectivity index (χ0v) is 12.9. The van der Waals surface area contributed by atoms with Crippen molar-refractivity contribution >= 4 is 34.7 Å². The molecular weight excluding hydrogens is 345 g/mol. The first-order valence-corrected chi connectivity index (χ1v) is 7.32. The highest BCUT2D eigenvalue weighted by atomic mass is 35.5. The van der Waals surface area contributed by atoms with Crippen molar-refractivity contribution in [3.63, 3.8) is 0 Å². The summed E-state index contributed by atoms with van der Waals surface area (Å²) in [5, 5.41) is 2.85. The van der Waals surface area contributed by atoms with E-state index in [0.717, 1.165) is 6.07 Å². The lowest BCUT2D eigenvalue weighted by molar-refractivity contribution is -0.141. The molecule has 1 aliphatic heterocycles. The molecule has 3 rings (SSSR count). The molecule has 1 aliphatic rings. The number of hydrogen-bond donors (Lipinski definition) is 2. The van der Waals surface area contributed by atoms with Crippen LogP contribution < -0.4 is 16.0 Å². The van der Waals surface area contributed by atoms with Crippen molar-refractivity contribution in [2.24, 2.45) is 5.73 Å². The molecule has 2 aromatic rings. The highest BCUT2D eigenvalue weighted by molar-refractivity contribution is 6.34. The fraction of sp³-hybridized carbons (Fsp3) is 0.200. The molecule has 0 saturated carbocycles. The number of rotatable bonds is 1. The van der Waals surface area contributed by atoms with E-state index in [-0.39, 0.29) is 23.1 Å². The van der Waals surface area contributed by atoms with Gasteiger partial charge in [0.15, 0.2) is 0 Å². The largest absolute Gasteiger partial charge is 0.433 e. The van der Waals surface area contributed by atoms with Crippen molar-refractivity contribution < 1.29 is 18.0 Å². The number of para-hydroxylation sites is 1. The predicted molar refractivity (Wildman–Crippen MR) is 84.3 cm³/mol. The first-order chi connectivity index (χ1) is 11.3. The van der Waals surface area contributed by atoms with Gasteiger partial charge in [0.1, 0.15) is 17.6 Å². The number of aromatic nitrogens is 1. The minimum atomic E-state index is -4.57. The van der Waals surface area contributed by atoms with Crippen molar-refractivity contribution in [2.75, 3.05) is 16.8 Å². The van der Waals surface area contributed by atoms with E-state index in [1.807, 2.05) is 0 Å². The number of amides is 1. The van der Waals surface area contributed by atoms with E-state index in [0.29, 0.717) is 5.69 Å². The number of pyridine rings is 1. The first kappa shape index (κ1) is 16.5. The Morgan fingerprint density at radius 2 is 1.96 bits per heavy atom. The maximum Gasteiger partial charge on any atom is 0.433 e. The molecule has 1 unspecified atom stereocenters. The topological polar surface area (TPSA) is 71.2 Å². The Labute approximate surface area is 140 Å². The van der Waals surface area contributed by atoms with Crippen molar-refractivity contribution in [2.45, 2.75) is 12.2 Å².